The average molecular weight is 399 g/mol. The molecule has 1 aliphatic heterocycles. The van der Waals surface area contributed by atoms with E-state index in [1.807, 2.05) is 45.2 Å². The minimum Gasteiger partial charge on any atom is -0.478 e. The Morgan fingerprint density at radius 3 is 2.59 bits per heavy atom. The molecule has 0 aliphatic carbocycles. The molecule has 0 aromatic heterocycles. The lowest BCUT2D eigenvalue weighted by Crippen LogP contribution is -3.06. The van der Waals surface area contributed by atoms with E-state index in [1.54, 1.807) is 12.1 Å². The quantitative estimate of drug-likeness (QED) is 0.631. The number of benzene rings is 2. The van der Waals surface area contributed by atoms with Crippen molar-refractivity contribution in [1.82, 2.24) is 5.32 Å². The zero-order valence-corrected chi connectivity index (χ0v) is 17.0. The molecule has 1 amide bonds. The highest BCUT2D eigenvalue weighted by atomic mass is 16.7. The van der Waals surface area contributed by atoms with Gasteiger partial charge in [0.05, 0.1) is 7.05 Å². The van der Waals surface area contributed by atoms with Gasteiger partial charge in [-0.1, -0.05) is 25.1 Å². The number of carboxylic acid groups (broad SMARTS) is 1. The van der Waals surface area contributed by atoms with Crippen molar-refractivity contribution in [2.24, 2.45) is 0 Å². The number of nitrogens with one attached hydrogen (secondary N) is 2. The van der Waals surface area contributed by atoms with Crippen molar-refractivity contribution in [1.29, 1.82) is 0 Å². The van der Waals surface area contributed by atoms with E-state index in [0.717, 1.165) is 16.9 Å². The molecule has 7 heteroatoms. The molecule has 0 spiro atoms. The summed E-state index contributed by atoms with van der Waals surface area (Å²) in [5.41, 5.74) is 2.38. The van der Waals surface area contributed by atoms with Gasteiger partial charge < -0.3 is 24.8 Å². The number of aromatic carboxylic acids is 1. The van der Waals surface area contributed by atoms with Gasteiger partial charge in [0, 0.05) is 22.7 Å². The first kappa shape index (κ1) is 20.7. The van der Waals surface area contributed by atoms with Crippen molar-refractivity contribution in [3.8, 4) is 11.5 Å². The molecule has 0 radical (unpaired) electrons. The lowest BCUT2D eigenvalue weighted by atomic mass is 10.0. The lowest BCUT2D eigenvalue weighted by molar-refractivity contribution is -0.907. The van der Waals surface area contributed by atoms with Crippen LogP contribution in [0.5, 0.6) is 11.5 Å². The minimum atomic E-state index is -1.04. The SMILES string of the molecule is CC[C@H](C)NC(=O)c1ccccc1C[NH+](C)Cc1ccc2c(c1C(=O)O)OCO2. The van der Waals surface area contributed by atoms with Crippen molar-refractivity contribution in [2.45, 2.75) is 39.4 Å². The van der Waals surface area contributed by atoms with Crippen LogP contribution in [0.15, 0.2) is 36.4 Å². The number of hydrogen-bond acceptors (Lipinski definition) is 4. The average Bonchev–Trinajstić information content (AvgIpc) is 3.16. The topological polar surface area (TPSA) is 89.3 Å². The molecule has 0 bridgehead atoms. The molecule has 0 fully saturated rings. The molecule has 2 atom stereocenters. The molecule has 3 rings (SSSR count). The lowest BCUT2D eigenvalue weighted by Gasteiger charge is -2.19. The summed E-state index contributed by atoms with van der Waals surface area (Å²) in [6.45, 7) is 5.09. The van der Waals surface area contributed by atoms with Crippen LogP contribution in [0.3, 0.4) is 0 Å². The molecule has 29 heavy (non-hydrogen) atoms. The number of carbonyl (C=O) groups is 2. The van der Waals surface area contributed by atoms with Crippen LogP contribution in [0.4, 0.5) is 0 Å². The Balaban J connectivity index is 1.78. The van der Waals surface area contributed by atoms with Gasteiger partial charge in [0.25, 0.3) is 5.91 Å². The number of fused-ring (bicyclic) bond motifs is 1. The molecule has 2 aromatic carbocycles. The fourth-order valence-corrected chi connectivity index (χ4v) is 3.41. The van der Waals surface area contributed by atoms with E-state index in [2.05, 4.69) is 5.32 Å². The van der Waals surface area contributed by atoms with Crippen LogP contribution in [0, 0.1) is 0 Å². The third-order valence-electron chi connectivity index (χ3n) is 5.08. The van der Waals surface area contributed by atoms with E-state index < -0.39 is 5.97 Å². The minimum absolute atomic E-state index is 0.0282. The molecule has 154 valence electrons. The summed E-state index contributed by atoms with van der Waals surface area (Å²) in [5.74, 6) is -0.382. The van der Waals surface area contributed by atoms with Gasteiger partial charge in [0.2, 0.25) is 6.79 Å². The molecule has 1 unspecified atom stereocenters. The van der Waals surface area contributed by atoms with Crippen molar-refractivity contribution in [3.05, 3.63) is 58.7 Å². The van der Waals surface area contributed by atoms with Crippen LogP contribution >= 0.6 is 0 Å². The van der Waals surface area contributed by atoms with Crippen LogP contribution in [-0.4, -0.2) is 36.9 Å². The van der Waals surface area contributed by atoms with E-state index in [1.165, 1.54) is 0 Å². The van der Waals surface area contributed by atoms with Gasteiger partial charge in [-0.3, -0.25) is 4.79 Å². The normalized spacial score (nSPS) is 14.3. The zero-order valence-electron chi connectivity index (χ0n) is 17.0. The maximum absolute atomic E-state index is 12.6. The summed E-state index contributed by atoms with van der Waals surface area (Å²) in [4.78, 5) is 25.5. The van der Waals surface area contributed by atoms with E-state index in [0.29, 0.717) is 30.0 Å². The third kappa shape index (κ3) is 4.68. The third-order valence-corrected chi connectivity index (χ3v) is 5.08. The van der Waals surface area contributed by atoms with Gasteiger partial charge >= 0.3 is 5.97 Å². The Bertz CT molecular complexity index is 912. The predicted octanol–water partition coefficient (Wildman–Crippen LogP) is 1.86. The fourth-order valence-electron chi connectivity index (χ4n) is 3.41. The number of rotatable bonds is 8. The Morgan fingerprint density at radius 2 is 1.86 bits per heavy atom. The maximum atomic E-state index is 12.6. The highest BCUT2D eigenvalue weighted by molar-refractivity contribution is 5.96. The summed E-state index contributed by atoms with van der Waals surface area (Å²) in [5, 5.41) is 12.7. The summed E-state index contributed by atoms with van der Waals surface area (Å²) < 4.78 is 10.7. The van der Waals surface area contributed by atoms with Crippen LogP contribution in [0.1, 0.15) is 52.1 Å². The zero-order chi connectivity index (χ0) is 21.0. The van der Waals surface area contributed by atoms with Crippen molar-refractivity contribution >= 4 is 11.9 Å². The molecule has 0 saturated carbocycles. The summed E-state index contributed by atoms with van der Waals surface area (Å²) >= 11 is 0. The Kier molecular flexibility index (Phi) is 6.39. The number of hydrogen-bond donors (Lipinski definition) is 3. The number of amides is 1. The number of ether oxygens (including phenoxy) is 2. The standard InChI is InChI=1S/C22H26N2O5/c1-4-14(2)23-21(25)17-8-6-5-7-15(17)11-24(3)12-16-9-10-18-20(29-13-28-18)19(16)22(26)27/h5-10,14H,4,11-13H2,1-3H3,(H,23,25)(H,26,27)/p+1/t14-/m0/s1. The molecular weight excluding hydrogens is 372 g/mol. The van der Waals surface area contributed by atoms with Gasteiger partial charge in [-0.25, -0.2) is 4.79 Å². The number of quaternary nitrogens is 1. The monoisotopic (exact) mass is 399 g/mol. The number of carboxylic acids is 1. The summed E-state index contributed by atoms with van der Waals surface area (Å²) in [6.07, 6.45) is 0.862. The number of carbonyl (C=O) groups excluding carboxylic acids is 1. The van der Waals surface area contributed by atoms with Crippen LogP contribution in [-0.2, 0) is 13.1 Å². The van der Waals surface area contributed by atoms with Gasteiger partial charge in [-0.05, 0) is 31.5 Å². The second-order valence-electron chi connectivity index (χ2n) is 7.39. The van der Waals surface area contributed by atoms with Gasteiger partial charge in [-0.15, -0.1) is 0 Å². The maximum Gasteiger partial charge on any atom is 0.340 e. The molecule has 1 heterocycles. The van der Waals surface area contributed by atoms with Gasteiger partial charge in [-0.2, -0.15) is 0 Å². The van der Waals surface area contributed by atoms with Gasteiger partial charge in [0.15, 0.2) is 11.5 Å². The van der Waals surface area contributed by atoms with Crippen molar-refractivity contribution in [2.75, 3.05) is 13.8 Å². The largest absolute Gasteiger partial charge is 0.478 e. The van der Waals surface area contributed by atoms with E-state index >= 15 is 0 Å². The van der Waals surface area contributed by atoms with Crippen molar-refractivity contribution in [3.63, 3.8) is 0 Å². The fraction of sp³-hybridized carbons (Fsp3) is 0.364. The molecule has 7 nitrogen and oxygen atoms in total. The highest BCUT2D eigenvalue weighted by Crippen LogP contribution is 2.37. The molecule has 1 aliphatic rings. The van der Waals surface area contributed by atoms with E-state index in [4.69, 9.17) is 9.47 Å². The molecule has 0 saturated heterocycles. The van der Waals surface area contributed by atoms with Crippen LogP contribution in [0.25, 0.3) is 0 Å². The van der Waals surface area contributed by atoms with E-state index in [-0.39, 0.29) is 30.1 Å². The smallest absolute Gasteiger partial charge is 0.340 e. The first-order chi connectivity index (χ1) is 13.9. The van der Waals surface area contributed by atoms with Crippen LogP contribution in [0.2, 0.25) is 0 Å². The Labute approximate surface area is 170 Å². The first-order valence-electron chi connectivity index (χ1n) is 9.75. The highest BCUT2D eigenvalue weighted by Gasteiger charge is 2.27. The second kappa shape index (κ2) is 8.96. The summed E-state index contributed by atoms with van der Waals surface area (Å²) in [7, 11) is 1.97. The predicted molar refractivity (Wildman–Crippen MR) is 107 cm³/mol. The molecule has 3 N–H and O–H groups in total. The first-order valence-corrected chi connectivity index (χ1v) is 9.75. The summed E-state index contributed by atoms with van der Waals surface area (Å²) in [6, 6.07) is 11.1. The second-order valence-corrected chi connectivity index (χ2v) is 7.39. The molecule has 2 aromatic rings. The Morgan fingerprint density at radius 1 is 1.14 bits per heavy atom. The Hall–Kier alpha value is -3.06. The molecular formula is C22H27N2O5+. The van der Waals surface area contributed by atoms with E-state index in [9.17, 15) is 14.7 Å². The van der Waals surface area contributed by atoms with Crippen molar-refractivity contribution < 1.29 is 29.1 Å². The van der Waals surface area contributed by atoms with Gasteiger partial charge in [0.1, 0.15) is 18.7 Å². The van der Waals surface area contributed by atoms with Crippen LogP contribution < -0.4 is 19.7 Å².